The predicted octanol–water partition coefficient (Wildman–Crippen LogP) is 3.15. The quantitative estimate of drug-likeness (QED) is 0.427. The summed E-state index contributed by atoms with van der Waals surface area (Å²) in [6, 6.07) is 8.45. The van der Waals surface area contributed by atoms with Gasteiger partial charge in [-0.3, -0.25) is 9.59 Å². The van der Waals surface area contributed by atoms with Crippen LogP contribution in [0.25, 0.3) is 0 Å². The fraction of sp³-hybridized carbons (Fsp3) is 0.417. The zero-order chi connectivity index (χ0) is 24.5. The van der Waals surface area contributed by atoms with Crippen LogP contribution >= 0.6 is 0 Å². The third kappa shape index (κ3) is 6.93. The van der Waals surface area contributed by atoms with E-state index in [9.17, 15) is 14.4 Å². The van der Waals surface area contributed by atoms with Crippen molar-refractivity contribution in [3.63, 3.8) is 0 Å². The first-order valence-electron chi connectivity index (χ1n) is 10.5. The number of nitrogens with zero attached hydrogens (tertiary/aromatic N) is 1. The van der Waals surface area contributed by atoms with Crippen molar-refractivity contribution >= 4 is 17.8 Å². The summed E-state index contributed by atoms with van der Waals surface area (Å²) < 4.78 is 20.9. The predicted molar refractivity (Wildman–Crippen MR) is 120 cm³/mol. The van der Waals surface area contributed by atoms with Crippen molar-refractivity contribution in [1.29, 1.82) is 0 Å². The van der Waals surface area contributed by atoms with Crippen molar-refractivity contribution in [2.24, 2.45) is 0 Å². The van der Waals surface area contributed by atoms with E-state index in [1.165, 1.54) is 33.2 Å². The van der Waals surface area contributed by atoms with Gasteiger partial charge in [-0.1, -0.05) is 31.2 Å². The topological polar surface area (TPSA) is 113 Å². The summed E-state index contributed by atoms with van der Waals surface area (Å²) in [5, 5.41) is 2.56. The number of amides is 1. The molecule has 2 rings (SSSR count). The highest BCUT2D eigenvalue weighted by Gasteiger charge is 2.26. The number of esters is 2. The highest BCUT2D eigenvalue weighted by molar-refractivity contribution is 5.98. The molecule has 9 nitrogen and oxygen atoms in total. The zero-order valence-electron chi connectivity index (χ0n) is 19.7. The van der Waals surface area contributed by atoms with Crippen LogP contribution in [-0.4, -0.2) is 48.9 Å². The molecule has 0 unspecified atom stereocenters. The number of carbonyl (C=O) groups excluding carboxylic acids is 3. The van der Waals surface area contributed by atoms with Crippen LogP contribution in [0.5, 0.6) is 11.5 Å². The zero-order valence-corrected chi connectivity index (χ0v) is 19.7. The Hall–Kier alpha value is -3.62. The highest BCUT2D eigenvalue weighted by atomic mass is 16.7. The van der Waals surface area contributed by atoms with Crippen molar-refractivity contribution in [2.45, 2.75) is 52.7 Å². The van der Waals surface area contributed by atoms with Crippen LogP contribution in [0, 0.1) is 6.92 Å². The molecule has 1 aromatic carbocycles. The smallest absolute Gasteiger partial charge is 0.328 e. The second-order valence-electron chi connectivity index (χ2n) is 7.57. The van der Waals surface area contributed by atoms with E-state index in [0.29, 0.717) is 0 Å². The number of aryl methyl sites for hydroxylation is 1. The van der Waals surface area contributed by atoms with Gasteiger partial charge < -0.3 is 24.3 Å². The van der Waals surface area contributed by atoms with Crippen molar-refractivity contribution in [1.82, 2.24) is 10.3 Å². The maximum atomic E-state index is 12.8. The van der Waals surface area contributed by atoms with E-state index in [4.69, 9.17) is 18.9 Å². The van der Waals surface area contributed by atoms with Gasteiger partial charge in [-0.15, -0.1) is 0 Å². The largest absolute Gasteiger partial charge is 0.493 e. The summed E-state index contributed by atoms with van der Waals surface area (Å²) in [4.78, 5) is 40.5. The summed E-state index contributed by atoms with van der Waals surface area (Å²) in [5.74, 6) is -1.62. The third-order valence-electron chi connectivity index (χ3n) is 5.16. The number of nitrogens with one attached hydrogen (secondary N) is 1. The maximum Gasteiger partial charge on any atom is 0.328 e. The van der Waals surface area contributed by atoms with Gasteiger partial charge >= 0.3 is 11.9 Å². The first-order valence-corrected chi connectivity index (χ1v) is 10.5. The molecule has 1 N–H and O–H groups in total. The van der Waals surface area contributed by atoms with Gasteiger partial charge in [-0.2, -0.15) is 0 Å². The van der Waals surface area contributed by atoms with Gasteiger partial charge in [0, 0.05) is 25.1 Å². The normalized spacial score (nSPS) is 13.3. The molecule has 0 aliphatic heterocycles. The van der Waals surface area contributed by atoms with Crippen molar-refractivity contribution in [3.8, 4) is 11.5 Å². The maximum absolute atomic E-state index is 12.8. The van der Waals surface area contributed by atoms with E-state index < -0.39 is 36.8 Å². The lowest BCUT2D eigenvalue weighted by Crippen LogP contribution is -2.41. The average molecular weight is 459 g/mol. The molecule has 3 atom stereocenters. The summed E-state index contributed by atoms with van der Waals surface area (Å²) in [6.45, 7) is 8.12. The molecule has 0 spiro atoms. The Morgan fingerprint density at radius 3 is 2.42 bits per heavy atom. The van der Waals surface area contributed by atoms with Crippen LogP contribution in [-0.2, 0) is 19.1 Å². The first kappa shape index (κ1) is 25.6. The Bertz CT molecular complexity index is 993. The van der Waals surface area contributed by atoms with E-state index in [1.54, 1.807) is 0 Å². The molecule has 0 aliphatic carbocycles. The van der Waals surface area contributed by atoms with Crippen molar-refractivity contribution in [3.05, 3.63) is 53.3 Å². The van der Waals surface area contributed by atoms with Gasteiger partial charge in [-0.05, 0) is 31.9 Å². The second-order valence-corrected chi connectivity index (χ2v) is 7.57. The van der Waals surface area contributed by atoms with Crippen LogP contribution in [0.2, 0.25) is 0 Å². The number of pyridine rings is 1. The van der Waals surface area contributed by atoms with E-state index in [2.05, 4.69) is 10.3 Å². The lowest BCUT2D eigenvalue weighted by molar-refractivity contribution is -0.151. The third-order valence-corrected chi connectivity index (χ3v) is 5.16. The minimum Gasteiger partial charge on any atom is -0.493 e. The van der Waals surface area contributed by atoms with Crippen LogP contribution in [0.15, 0.2) is 36.5 Å². The van der Waals surface area contributed by atoms with Crippen molar-refractivity contribution < 1.29 is 33.3 Å². The van der Waals surface area contributed by atoms with Crippen LogP contribution < -0.4 is 14.8 Å². The minimum absolute atomic E-state index is 0.0131. The number of hydrogen-bond acceptors (Lipinski definition) is 8. The van der Waals surface area contributed by atoms with Crippen LogP contribution in [0.4, 0.5) is 0 Å². The Kier molecular flexibility index (Phi) is 9.20. The number of ether oxygens (including phenoxy) is 4. The van der Waals surface area contributed by atoms with Crippen LogP contribution in [0.1, 0.15) is 55.2 Å². The summed E-state index contributed by atoms with van der Waals surface area (Å²) in [7, 11) is 1.40. The number of aromatic nitrogens is 1. The molecule has 0 bridgehead atoms. The number of benzene rings is 1. The number of hydrogen-bond donors (Lipinski definition) is 1. The highest BCUT2D eigenvalue weighted by Crippen LogP contribution is 2.29. The second kappa shape index (κ2) is 11.8. The molecule has 1 aromatic heterocycles. The van der Waals surface area contributed by atoms with Gasteiger partial charge in [0.05, 0.1) is 7.11 Å². The molecule has 0 fully saturated rings. The molecule has 1 heterocycles. The Morgan fingerprint density at radius 2 is 1.79 bits per heavy atom. The van der Waals surface area contributed by atoms with E-state index in [-0.39, 0.29) is 23.1 Å². The molecule has 0 saturated carbocycles. The molecule has 33 heavy (non-hydrogen) atoms. The monoisotopic (exact) mass is 458 g/mol. The number of rotatable bonds is 10. The summed E-state index contributed by atoms with van der Waals surface area (Å²) in [6.07, 6.45) is 0.956. The summed E-state index contributed by atoms with van der Waals surface area (Å²) in [5.41, 5.74) is 2.08. The molecule has 0 radical (unpaired) electrons. The molecule has 178 valence electrons. The van der Waals surface area contributed by atoms with Crippen molar-refractivity contribution in [2.75, 3.05) is 13.9 Å². The lowest BCUT2D eigenvalue weighted by atomic mass is 9.92. The van der Waals surface area contributed by atoms with Gasteiger partial charge in [-0.25, -0.2) is 9.78 Å². The lowest BCUT2D eigenvalue weighted by Gasteiger charge is -2.24. The van der Waals surface area contributed by atoms with Crippen LogP contribution in [0.3, 0.4) is 0 Å². The van der Waals surface area contributed by atoms with Gasteiger partial charge in [0.25, 0.3) is 5.91 Å². The summed E-state index contributed by atoms with van der Waals surface area (Å²) >= 11 is 0. The van der Waals surface area contributed by atoms with Gasteiger partial charge in [0.2, 0.25) is 6.79 Å². The SMILES string of the molecule is COc1ccnc(C(=O)N[C@@H](C)C(=O)O[C@@H](C)[C@H](C)c2ccccc2C)c1OCOC(C)=O. The van der Waals surface area contributed by atoms with Gasteiger partial charge in [0.15, 0.2) is 17.2 Å². The Balaban J connectivity index is 2.06. The fourth-order valence-corrected chi connectivity index (χ4v) is 3.13. The van der Waals surface area contributed by atoms with E-state index >= 15 is 0 Å². The molecular weight excluding hydrogens is 428 g/mol. The Labute approximate surface area is 193 Å². The standard InChI is InChI=1S/C24H30N2O7/c1-14-9-7-8-10-19(14)15(2)17(4)33-24(29)16(3)26-23(28)21-22(32-13-31-18(5)27)20(30-6)11-12-25-21/h7-12,15-17H,13H2,1-6H3,(H,26,28)/t15-,16-,17-/m0/s1. The number of methoxy groups -OCH3 is 1. The first-order chi connectivity index (χ1) is 15.6. The molecule has 9 heteroatoms. The molecular formula is C24H30N2O7. The van der Waals surface area contributed by atoms with Gasteiger partial charge in [0.1, 0.15) is 12.1 Å². The van der Waals surface area contributed by atoms with E-state index in [0.717, 1.165) is 11.1 Å². The molecule has 0 saturated heterocycles. The van der Waals surface area contributed by atoms with E-state index in [1.807, 2.05) is 45.0 Å². The molecule has 0 aliphatic rings. The average Bonchev–Trinajstić information content (AvgIpc) is 2.78. The Morgan fingerprint density at radius 1 is 1.09 bits per heavy atom. The minimum atomic E-state index is -0.946. The molecule has 1 amide bonds. The molecule has 2 aromatic rings. The number of carbonyl (C=O) groups is 3. The fourth-order valence-electron chi connectivity index (χ4n) is 3.13.